The van der Waals surface area contributed by atoms with Crippen molar-refractivity contribution in [3.8, 4) is 11.8 Å². The van der Waals surface area contributed by atoms with E-state index in [2.05, 4.69) is 36.1 Å². The molecule has 0 bridgehead atoms. The van der Waals surface area contributed by atoms with Crippen LogP contribution in [0.3, 0.4) is 0 Å². The van der Waals surface area contributed by atoms with E-state index in [4.69, 9.17) is 4.74 Å². The van der Waals surface area contributed by atoms with Crippen LogP contribution in [0.15, 0.2) is 66.9 Å². The molecule has 0 amide bonds. The summed E-state index contributed by atoms with van der Waals surface area (Å²) in [4.78, 5) is 0. The largest absolute Gasteiger partial charge is 0.505 e. The second kappa shape index (κ2) is 7.86. The van der Waals surface area contributed by atoms with Crippen LogP contribution in [0.1, 0.15) is 16.7 Å². The molecule has 1 heteroatoms. The summed E-state index contributed by atoms with van der Waals surface area (Å²) >= 11 is 0. The van der Waals surface area contributed by atoms with Crippen LogP contribution in [0.25, 0.3) is 0 Å². The van der Waals surface area contributed by atoms with Gasteiger partial charge in [-0.3, -0.25) is 0 Å². The van der Waals surface area contributed by atoms with Gasteiger partial charge in [0.25, 0.3) is 0 Å². The van der Waals surface area contributed by atoms with Crippen molar-refractivity contribution in [2.45, 2.75) is 12.8 Å². The third-order valence-electron chi connectivity index (χ3n) is 2.97. The molecule has 0 aliphatic rings. The lowest BCUT2D eigenvalue weighted by Crippen LogP contribution is -1.91. The van der Waals surface area contributed by atoms with Gasteiger partial charge in [0.15, 0.2) is 0 Å². The normalized spacial score (nSPS) is 10.1. The smallest absolute Gasteiger partial charge is 0.0788 e. The van der Waals surface area contributed by atoms with Crippen LogP contribution in [0.5, 0.6) is 0 Å². The summed E-state index contributed by atoms with van der Waals surface area (Å²) in [6.07, 6.45) is 5.37. The Hall–Kier alpha value is -2.46. The van der Waals surface area contributed by atoms with Crippen molar-refractivity contribution in [1.29, 1.82) is 0 Å². The molecule has 100 valence electrons. The molecule has 0 heterocycles. The first-order chi connectivity index (χ1) is 9.90. The molecule has 2 rings (SSSR count). The molecule has 0 aliphatic carbocycles. The summed E-state index contributed by atoms with van der Waals surface area (Å²) < 4.78 is 4.93. The Bertz CT molecular complexity index is 615. The lowest BCUT2D eigenvalue weighted by Gasteiger charge is -2.03. The molecule has 2 aromatic carbocycles. The number of allylic oxidation sites excluding steroid dienone is 1. The van der Waals surface area contributed by atoms with Gasteiger partial charge in [0.1, 0.15) is 0 Å². The summed E-state index contributed by atoms with van der Waals surface area (Å²) in [6.45, 7) is 0. The molecule has 2 aromatic rings. The van der Waals surface area contributed by atoms with Crippen LogP contribution in [-0.2, 0) is 17.6 Å². The second-order valence-electron chi connectivity index (χ2n) is 4.42. The predicted octanol–water partition coefficient (Wildman–Crippen LogP) is 3.98. The third kappa shape index (κ3) is 4.33. The van der Waals surface area contributed by atoms with Crippen molar-refractivity contribution in [3.05, 3.63) is 83.6 Å². The fraction of sp³-hybridized carbons (Fsp3) is 0.158. The summed E-state index contributed by atoms with van der Waals surface area (Å²) in [5.74, 6) is 6.44. The average molecular weight is 262 g/mol. The molecule has 0 radical (unpaired) electrons. The number of ether oxygens (including phenoxy) is 1. The van der Waals surface area contributed by atoms with E-state index < -0.39 is 0 Å². The lowest BCUT2D eigenvalue weighted by atomic mass is 10.0. The monoisotopic (exact) mass is 262 g/mol. The molecule has 0 aromatic heterocycles. The van der Waals surface area contributed by atoms with E-state index in [9.17, 15) is 0 Å². The number of hydrogen-bond donors (Lipinski definition) is 0. The van der Waals surface area contributed by atoms with E-state index in [1.165, 1.54) is 11.1 Å². The molecule has 0 fully saturated rings. The molecule has 0 N–H and O–H groups in total. The maximum Gasteiger partial charge on any atom is 0.0788 e. The Morgan fingerprint density at radius 3 is 2.40 bits per heavy atom. The third-order valence-corrected chi connectivity index (χ3v) is 2.97. The van der Waals surface area contributed by atoms with Gasteiger partial charge in [-0.05, 0) is 35.8 Å². The van der Waals surface area contributed by atoms with E-state index in [1.54, 1.807) is 13.4 Å². The highest BCUT2D eigenvalue weighted by Crippen LogP contribution is 2.10. The molecule has 0 atom stereocenters. The van der Waals surface area contributed by atoms with Crippen LogP contribution in [0, 0.1) is 11.8 Å². The standard InChI is InChI=1S/C19H18O/c1-20-16-8-15-19-13-6-5-12-18(19)14-7-11-17-9-3-2-4-10-17/h2-6,8-10,12-13,16H,14-15H2,1H3/b16-8+. The minimum absolute atomic E-state index is 0.770. The molecule has 1 nitrogen and oxygen atoms in total. The summed E-state index contributed by atoms with van der Waals surface area (Å²) in [7, 11) is 1.66. The Labute approximate surface area is 120 Å². The average Bonchev–Trinajstić information content (AvgIpc) is 2.50. The molecule has 0 spiro atoms. The van der Waals surface area contributed by atoms with Gasteiger partial charge in [0.2, 0.25) is 0 Å². The summed E-state index contributed by atoms with van der Waals surface area (Å²) in [5, 5.41) is 0. The van der Waals surface area contributed by atoms with Crippen LogP contribution in [0.4, 0.5) is 0 Å². The summed E-state index contributed by atoms with van der Waals surface area (Å²) in [5.41, 5.74) is 3.63. The SMILES string of the molecule is CO/C=C/Cc1ccccc1CC#Cc1ccccc1. The molecule has 0 saturated heterocycles. The van der Waals surface area contributed by atoms with Crippen LogP contribution in [-0.4, -0.2) is 7.11 Å². The Morgan fingerprint density at radius 1 is 0.950 bits per heavy atom. The van der Waals surface area contributed by atoms with Crippen LogP contribution in [0.2, 0.25) is 0 Å². The van der Waals surface area contributed by atoms with Gasteiger partial charge in [-0.2, -0.15) is 0 Å². The fourth-order valence-electron chi connectivity index (χ4n) is 1.96. The van der Waals surface area contributed by atoms with Crippen molar-refractivity contribution in [2.24, 2.45) is 0 Å². The van der Waals surface area contributed by atoms with Gasteiger partial charge >= 0.3 is 0 Å². The number of methoxy groups -OCH3 is 1. The van der Waals surface area contributed by atoms with E-state index >= 15 is 0 Å². The van der Waals surface area contributed by atoms with Gasteiger partial charge in [-0.1, -0.05) is 54.3 Å². The van der Waals surface area contributed by atoms with Gasteiger partial charge in [-0.15, -0.1) is 0 Å². The van der Waals surface area contributed by atoms with Crippen molar-refractivity contribution < 1.29 is 4.74 Å². The first-order valence-electron chi connectivity index (χ1n) is 6.68. The highest BCUT2D eigenvalue weighted by molar-refractivity contribution is 5.37. The van der Waals surface area contributed by atoms with Gasteiger partial charge < -0.3 is 4.74 Å². The Morgan fingerprint density at radius 2 is 1.65 bits per heavy atom. The van der Waals surface area contributed by atoms with Crippen molar-refractivity contribution in [2.75, 3.05) is 7.11 Å². The molecule has 0 aliphatic heterocycles. The first kappa shape index (κ1) is 14.0. The highest BCUT2D eigenvalue weighted by Gasteiger charge is 1.98. The van der Waals surface area contributed by atoms with Gasteiger partial charge in [-0.25, -0.2) is 0 Å². The number of rotatable bonds is 4. The predicted molar refractivity (Wildman–Crippen MR) is 83.3 cm³/mol. The highest BCUT2D eigenvalue weighted by atomic mass is 16.5. The van der Waals surface area contributed by atoms with E-state index in [0.717, 1.165) is 18.4 Å². The fourth-order valence-corrected chi connectivity index (χ4v) is 1.96. The first-order valence-corrected chi connectivity index (χ1v) is 6.68. The summed E-state index contributed by atoms with van der Waals surface area (Å²) in [6, 6.07) is 18.5. The maximum absolute atomic E-state index is 4.93. The zero-order chi connectivity index (χ0) is 14.0. The Kier molecular flexibility index (Phi) is 5.49. The van der Waals surface area contributed by atoms with Crippen LogP contribution >= 0.6 is 0 Å². The molecule has 20 heavy (non-hydrogen) atoms. The quantitative estimate of drug-likeness (QED) is 0.598. The maximum atomic E-state index is 4.93. The number of hydrogen-bond acceptors (Lipinski definition) is 1. The van der Waals surface area contributed by atoms with Gasteiger partial charge in [0, 0.05) is 12.0 Å². The Balaban J connectivity index is 2.06. The van der Waals surface area contributed by atoms with Crippen molar-refractivity contribution >= 4 is 0 Å². The van der Waals surface area contributed by atoms with Crippen molar-refractivity contribution in [1.82, 2.24) is 0 Å². The minimum atomic E-state index is 0.770. The molecular weight excluding hydrogens is 244 g/mol. The topological polar surface area (TPSA) is 9.23 Å². The zero-order valence-electron chi connectivity index (χ0n) is 11.7. The van der Waals surface area contributed by atoms with Gasteiger partial charge in [0.05, 0.1) is 13.4 Å². The van der Waals surface area contributed by atoms with Crippen molar-refractivity contribution in [3.63, 3.8) is 0 Å². The molecular formula is C19H18O. The van der Waals surface area contributed by atoms with E-state index in [-0.39, 0.29) is 0 Å². The minimum Gasteiger partial charge on any atom is -0.505 e. The van der Waals surface area contributed by atoms with E-state index in [0.29, 0.717) is 0 Å². The van der Waals surface area contributed by atoms with Crippen LogP contribution < -0.4 is 0 Å². The molecule has 0 unspecified atom stereocenters. The molecule has 0 saturated carbocycles. The number of benzene rings is 2. The lowest BCUT2D eigenvalue weighted by molar-refractivity contribution is 0.337. The second-order valence-corrected chi connectivity index (χ2v) is 4.42. The zero-order valence-corrected chi connectivity index (χ0v) is 11.7. The van der Waals surface area contributed by atoms with E-state index in [1.807, 2.05) is 36.4 Å².